The molecule has 0 spiro atoms. The van der Waals surface area contributed by atoms with Crippen molar-refractivity contribution in [1.29, 1.82) is 0 Å². The van der Waals surface area contributed by atoms with E-state index in [1.807, 2.05) is 111 Å². The van der Waals surface area contributed by atoms with Crippen molar-refractivity contribution in [3.63, 3.8) is 0 Å². The first-order valence-corrected chi connectivity index (χ1v) is 24.6. The summed E-state index contributed by atoms with van der Waals surface area (Å²) in [6.45, 7) is 4.68. The third kappa shape index (κ3) is 17.2. The number of alkyl halides is 6. The number of isocyanates is 1. The number of amides is 4. The Bertz CT molecular complexity index is 2900. The second kappa shape index (κ2) is 27.2. The van der Waals surface area contributed by atoms with Crippen LogP contribution >= 0.6 is 0 Å². The largest absolute Gasteiger partial charge is 0.416 e. The molecule has 0 saturated carbocycles. The van der Waals surface area contributed by atoms with E-state index >= 15 is 0 Å². The summed E-state index contributed by atoms with van der Waals surface area (Å²) in [4.78, 5) is 62.7. The summed E-state index contributed by atoms with van der Waals surface area (Å²) in [5.41, 5.74) is 4.88. The highest BCUT2D eigenvalue weighted by molar-refractivity contribution is 5.94. The zero-order valence-electron chi connectivity index (χ0n) is 42.8. The minimum atomic E-state index is -4.53. The van der Waals surface area contributed by atoms with Gasteiger partial charge in [-0.3, -0.25) is 9.59 Å². The molecule has 8 rings (SSSR count). The quantitative estimate of drug-likeness (QED) is 0.0633. The Morgan fingerprint density at radius 3 is 1.62 bits per heavy atom. The van der Waals surface area contributed by atoms with Gasteiger partial charge in [0, 0.05) is 64.5 Å². The van der Waals surface area contributed by atoms with Crippen LogP contribution in [0.15, 0.2) is 163 Å². The van der Waals surface area contributed by atoms with Crippen LogP contribution in [0.1, 0.15) is 44.5 Å². The number of likely N-dealkylation sites (N-methyl/N-ethyl adjacent to an activating group) is 2. The number of rotatable bonds is 14. The highest BCUT2D eigenvalue weighted by Crippen LogP contribution is 2.33. The molecular formula is C58H62F6N8O4. The molecule has 0 aromatic heterocycles. The molecular weight excluding hydrogens is 987 g/mol. The van der Waals surface area contributed by atoms with Crippen LogP contribution in [0, 0.1) is 0 Å². The van der Waals surface area contributed by atoms with E-state index in [4.69, 9.17) is 0 Å². The number of urea groups is 1. The summed E-state index contributed by atoms with van der Waals surface area (Å²) in [7, 11) is 7.94. The zero-order chi connectivity index (χ0) is 54.8. The molecule has 0 saturated heterocycles. The van der Waals surface area contributed by atoms with E-state index in [0.717, 1.165) is 67.0 Å². The fraction of sp³-hybridized carbons (Fsp3) is 0.310. The van der Waals surface area contributed by atoms with Gasteiger partial charge in [-0.15, -0.1) is 0 Å². The van der Waals surface area contributed by atoms with Gasteiger partial charge in [0.15, 0.2) is 0 Å². The fourth-order valence-corrected chi connectivity index (χ4v) is 8.57. The Labute approximate surface area is 439 Å². The summed E-state index contributed by atoms with van der Waals surface area (Å²) in [6.07, 6.45) is -6.69. The van der Waals surface area contributed by atoms with E-state index in [9.17, 15) is 45.5 Å². The second-order valence-electron chi connectivity index (χ2n) is 18.9. The highest BCUT2D eigenvalue weighted by atomic mass is 19.4. The van der Waals surface area contributed by atoms with E-state index in [0.29, 0.717) is 32.6 Å². The van der Waals surface area contributed by atoms with E-state index in [1.54, 1.807) is 4.90 Å². The molecule has 0 bridgehead atoms. The first-order valence-electron chi connectivity index (χ1n) is 24.6. The minimum absolute atomic E-state index is 0.0173. The van der Waals surface area contributed by atoms with Crippen molar-refractivity contribution in [2.24, 2.45) is 4.99 Å². The normalized spacial score (nSPS) is 14.9. The molecule has 4 amide bonds. The second-order valence-corrected chi connectivity index (χ2v) is 18.9. The fourth-order valence-electron chi connectivity index (χ4n) is 8.57. The SMILES string of the molecule is CN(C)CCN(Cc1ccccc1)C(=O)[C@@H]1Cc2ccccc2CN1.CN(C)CCN(Cc1ccccc1)C(=O)[C@@H]1Cc2ccccc2CN1C(=O)Nc1cccc(C(F)(F)F)c1.O=C=Nc1cccc(C(F)(F)F)c1. The molecule has 2 aliphatic heterocycles. The third-order valence-electron chi connectivity index (χ3n) is 12.7. The molecule has 400 valence electrons. The van der Waals surface area contributed by atoms with Crippen LogP contribution < -0.4 is 10.6 Å². The number of carbonyl (C=O) groups is 3. The van der Waals surface area contributed by atoms with Gasteiger partial charge in [0.25, 0.3) is 0 Å². The van der Waals surface area contributed by atoms with Crippen molar-refractivity contribution in [3.05, 3.63) is 202 Å². The van der Waals surface area contributed by atoms with Crippen LogP contribution in [0.25, 0.3) is 0 Å². The lowest BCUT2D eigenvalue weighted by Gasteiger charge is -2.39. The number of carbonyl (C=O) groups excluding carboxylic acids is 4. The Balaban J connectivity index is 0.000000210. The Morgan fingerprint density at radius 1 is 0.592 bits per heavy atom. The van der Waals surface area contributed by atoms with Gasteiger partial charge >= 0.3 is 18.4 Å². The maximum absolute atomic E-state index is 14.0. The van der Waals surface area contributed by atoms with Crippen LogP contribution in [-0.2, 0) is 65.8 Å². The van der Waals surface area contributed by atoms with Crippen molar-refractivity contribution in [2.75, 3.05) is 59.7 Å². The smallest absolute Gasteiger partial charge is 0.336 e. The first kappa shape index (κ1) is 57.6. The predicted octanol–water partition coefficient (Wildman–Crippen LogP) is 10.2. The summed E-state index contributed by atoms with van der Waals surface area (Å²) < 4.78 is 75.8. The van der Waals surface area contributed by atoms with Gasteiger partial charge in [-0.2, -0.15) is 31.3 Å². The van der Waals surface area contributed by atoms with Crippen molar-refractivity contribution in [3.8, 4) is 0 Å². The number of benzene rings is 6. The van der Waals surface area contributed by atoms with E-state index in [1.165, 1.54) is 51.9 Å². The van der Waals surface area contributed by atoms with Crippen LogP contribution in [-0.4, -0.2) is 115 Å². The Kier molecular flexibility index (Phi) is 20.7. The molecule has 2 heterocycles. The highest BCUT2D eigenvalue weighted by Gasteiger charge is 2.38. The number of nitrogens with one attached hydrogen (secondary N) is 2. The van der Waals surface area contributed by atoms with Gasteiger partial charge < -0.3 is 35.1 Å². The molecule has 0 radical (unpaired) electrons. The van der Waals surface area contributed by atoms with Crippen molar-refractivity contribution in [2.45, 2.75) is 63.5 Å². The number of hydrogen-bond donors (Lipinski definition) is 2. The summed E-state index contributed by atoms with van der Waals surface area (Å²) >= 11 is 0. The Hall–Kier alpha value is -7.63. The first-order chi connectivity index (χ1) is 36.3. The average Bonchev–Trinajstić information content (AvgIpc) is 3.41. The number of aliphatic imine (C=N–C) groups is 1. The van der Waals surface area contributed by atoms with Gasteiger partial charge in [0.2, 0.25) is 17.9 Å². The number of anilines is 1. The average molecular weight is 1050 g/mol. The molecule has 2 atom stereocenters. The van der Waals surface area contributed by atoms with Crippen LogP contribution in [0.2, 0.25) is 0 Å². The van der Waals surface area contributed by atoms with Crippen LogP contribution in [0.4, 0.5) is 42.5 Å². The van der Waals surface area contributed by atoms with Crippen molar-refractivity contribution >= 4 is 35.3 Å². The molecule has 12 nitrogen and oxygen atoms in total. The van der Waals surface area contributed by atoms with E-state index in [2.05, 4.69) is 56.9 Å². The van der Waals surface area contributed by atoms with Gasteiger partial charge in [-0.25, -0.2) is 9.59 Å². The Morgan fingerprint density at radius 2 is 1.08 bits per heavy atom. The predicted molar refractivity (Wildman–Crippen MR) is 281 cm³/mol. The van der Waals surface area contributed by atoms with Gasteiger partial charge in [0.05, 0.1) is 22.9 Å². The van der Waals surface area contributed by atoms with Gasteiger partial charge in [-0.1, -0.05) is 121 Å². The monoisotopic (exact) mass is 1050 g/mol. The number of halogens is 6. The van der Waals surface area contributed by atoms with Gasteiger partial charge in [0.1, 0.15) is 6.04 Å². The molecule has 2 N–H and O–H groups in total. The van der Waals surface area contributed by atoms with E-state index < -0.39 is 35.6 Å². The maximum atomic E-state index is 14.0. The topological polar surface area (TPSA) is 121 Å². The van der Waals surface area contributed by atoms with Gasteiger partial charge in [-0.05, 0) is 104 Å². The number of hydrogen-bond acceptors (Lipinski definition) is 8. The van der Waals surface area contributed by atoms with E-state index in [-0.39, 0.29) is 35.8 Å². The minimum Gasteiger partial charge on any atom is -0.336 e. The third-order valence-corrected chi connectivity index (χ3v) is 12.7. The van der Waals surface area contributed by atoms with Crippen LogP contribution in [0.5, 0.6) is 0 Å². The molecule has 76 heavy (non-hydrogen) atoms. The lowest BCUT2D eigenvalue weighted by molar-refractivity contribution is -0.138. The van der Waals surface area contributed by atoms with Crippen molar-refractivity contribution < 1.29 is 45.5 Å². The summed E-state index contributed by atoms with van der Waals surface area (Å²) in [5.74, 6) is -0.00963. The number of nitrogens with zero attached hydrogens (tertiary/aromatic N) is 6. The van der Waals surface area contributed by atoms with Crippen molar-refractivity contribution in [1.82, 2.24) is 29.8 Å². The molecule has 6 aromatic rings. The molecule has 0 aliphatic carbocycles. The lowest BCUT2D eigenvalue weighted by atomic mass is 9.93. The molecule has 0 unspecified atom stereocenters. The molecule has 6 aromatic carbocycles. The molecule has 0 fully saturated rings. The zero-order valence-corrected chi connectivity index (χ0v) is 42.8. The summed E-state index contributed by atoms with van der Waals surface area (Å²) in [5, 5.41) is 6.01. The molecule has 2 aliphatic rings. The summed E-state index contributed by atoms with van der Waals surface area (Å²) in [6, 6.07) is 42.9. The van der Waals surface area contributed by atoms with Crippen LogP contribution in [0.3, 0.4) is 0 Å². The molecule has 18 heteroatoms. The standard InChI is InChI=1S/C29H31F3N4O2.C21H27N3O.C8H4F3NO/c1-34(2)15-16-35(19-21-9-4-3-5-10-21)27(37)26-17-22-11-6-7-12-23(22)20-36(26)28(38)33-25-14-8-13-24(18-25)29(30,31)32;1-23(2)12-13-24(16-17-8-4-3-5-9-17)21(25)20-14-18-10-6-7-11-19(18)15-22-20;9-8(10,11)6-2-1-3-7(4-6)12-5-13/h3-14,18,26H,15-17,19-20H2,1-2H3,(H,33,38);3-11,20,22H,12-16H2,1-2H3;1-4H/t26-;20-;/m00./s1. The lowest BCUT2D eigenvalue weighted by Crippen LogP contribution is -2.55. The maximum Gasteiger partial charge on any atom is 0.416 e. The number of fused-ring (bicyclic) bond motifs is 2.